The maximum atomic E-state index is 12.8. The van der Waals surface area contributed by atoms with Crippen LogP contribution in [0.1, 0.15) is 29.3 Å². The van der Waals surface area contributed by atoms with Gasteiger partial charge in [0, 0.05) is 38.3 Å². The van der Waals surface area contributed by atoms with E-state index in [0.717, 1.165) is 50.6 Å². The van der Waals surface area contributed by atoms with Crippen molar-refractivity contribution in [2.24, 2.45) is 0 Å². The number of methoxy groups -OCH3 is 1. The lowest BCUT2D eigenvalue weighted by atomic mass is 10.1. The maximum Gasteiger partial charge on any atom is 0.254 e. The molecule has 1 amide bonds. The van der Waals surface area contributed by atoms with Gasteiger partial charge < -0.3 is 14.4 Å². The topological polar surface area (TPSA) is 42.0 Å². The maximum absolute atomic E-state index is 12.8. The van der Waals surface area contributed by atoms with E-state index in [0.29, 0.717) is 12.2 Å². The molecule has 5 heteroatoms. The second kappa shape index (κ2) is 9.42. The number of amides is 1. The number of ether oxygens (including phenoxy) is 2. The molecular weight excluding hydrogens is 340 g/mol. The van der Waals surface area contributed by atoms with Gasteiger partial charge in [-0.15, -0.1) is 0 Å². The SMILES string of the molecule is CCCOc1cccc(C(=O)N2CCN(Cc3ccc(OC)cc3)CC2)c1. The molecule has 0 bridgehead atoms. The highest BCUT2D eigenvalue weighted by Gasteiger charge is 2.22. The quantitative estimate of drug-likeness (QED) is 0.751. The van der Waals surface area contributed by atoms with Crippen molar-refractivity contribution in [3.05, 3.63) is 59.7 Å². The Bertz CT molecular complexity index is 737. The van der Waals surface area contributed by atoms with Gasteiger partial charge in [0.1, 0.15) is 11.5 Å². The van der Waals surface area contributed by atoms with Crippen molar-refractivity contribution in [3.63, 3.8) is 0 Å². The molecule has 0 spiro atoms. The van der Waals surface area contributed by atoms with Crippen LogP contribution in [0.3, 0.4) is 0 Å². The van der Waals surface area contributed by atoms with Crippen molar-refractivity contribution in [1.82, 2.24) is 9.80 Å². The summed E-state index contributed by atoms with van der Waals surface area (Å²) < 4.78 is 10.9. The Balaban J connectivity index is 1.53. The summed E-state index contributed by atoms with van der Waals surface area (Å²) in [6, 6.07) is 15.7. The molecule has 2 aromatic carbocycles. The van der Waals surface area contributed by atoms with E-state index < -0.39 is 0 Å². The highest BCUT2D eigenvalue weighted by atomic mass is 16.5. The van der Waals surface area contributed by atoms with Crippen molar-refractivity contribution in [1.29, 1.82) is 0 Å². The van der Waals surface area contributed by atoms with Crippen LogP contribution in [0.25, 0.3) is 0 Å². The summed E-state index contributed by atoms with van der Waals surface area (Å²) in [5.74, 6) is 1.72. The van der Waals surface area contributed by atoms with Gasteiger partial charge in [-0.1, -0.05) is 25.1 Å². The third-order valence-corrected chi connectivity index (χ3v) is 4.78. The van der Waals surface area contributed by atoms with Gasteiger partial charge in [0.15, 0.2) is 0 Å². The second-order valence-corrected chi connectivity index (χ2v) is 6.79. The van der Waals surface area contributed by atoms with Crippen LogP contribution in [0.5, 0.6) is 11.5 Å². The molecule has 144 valence electrons. The van der Waals surface area contributed by atoms with Crippen LogP contribution >= 0.6 is 0 Å². The Morgan fingerprint density at radius 1 is 1.00 bits per heavy atom. The molecule has 3 rings (SSSR count). The summed E-state index contributed by atoms with van der Waals surface area (Å²) in [5, 5.41) is 0. The van der Waals surface area contributed by atoms with Crippen molar-refractivity contribution in [3.8, 4) is 11.5 Å². The van der Waals surface area contributed by atoms with E-state index in [4.69, 9.17) is 9.47 Å². The average molecular weight is 368 g/mol. The van der Waals surface area contributed by atoms with Gasteiger partial charge in [-0.25, -0.2) is 0 Å². The number of rotatable bonds is 7. The summed E-state index contributed by atoms with van der Waals surface area (Å²) in [7, 11) is 1.68. The number of hydrogen-bond acceptors (Lipinski definition) is 4. The summed E-state index contributed by atoms with van der Waals surface area (Å²) >= 11 is 0. The van der Waals surface area contributed by atoms with E-state index in [1.807, 2.05) is 41.3 Å². The van der Waals surface area contributed by atoms with Crippen LogP contribution in [0.15, 0.2) is 48.5 Å². The minimum absolute atomic E-state index is 0.0843. The Morgan fingerprint density at radius 2 is 1.74 bits per heavy atom. The van der Waals surface area contributed by atoms with E-state index in [-0.39, 0.29) is 5.91 Å². The van der Waals surface area contributed by atoms with Crippen molar-refractivity contribution < 1.29 is 14.3 Å². The molecule has 1 aliphatic rings. The largest absolute Gasteiger partial charge is 0.497 e. The lowest BCUT2D eigenvalue weighted by Gasteiger charge is -2.34. The van der Waals surface area contributed by atoms with E-state index in [2.05, 4.69) is 24.0 Å². The fraction of sp³-hybridized carbons (Fsp3) is 0.409. The third-order valence-electron chi connectivity index (χ3n) is 4.78. The number of carbonyl (C=O) groups excluding carboxylic acids is 1. The molecule has 1 saturated heterocycles. The molecule has 1 fully saturated rings. The molecular formula is C22H28N2O3. The van der Waals surface area contributed by atoms with Gasteiger partial charge in [0.2, 0.25) is 0 Å². The molecule has 0 aliphatic carbocycles. The van der Waals surface area contributed by atoms with Crippen molar-refractivity contribution in [2.45, 2.75) is 19.9 Å². The van der Waals surface area contributed by atoms with Crippen molar-refractivity contribution >= 4 is 5.91 Å². The zero-order valence-electron chi connectivity index (χ0n) is 16.2. The molecule has 0 atom stereocenters. The van der Waals surface area contributed by atoms with Crippen LogP contribution in [0, 0.1) is 0 Å². The molecule has 2 aromatic rings. The Labute approximate surface area is 161 Å². The summed E-state index contributed by atoms with van der Waals surface area (Å²) in [5.41, 5.74) is 1.96. The average Bonchev–Trinajstić information content (AvgIpc) is 2.73. The number of piperazine rings is 1. The first-order valence-electron chi connectivity index (χ1n) is 9.57. The van der Waals surface area contributed by atoms with Gasteiger partial charge in [0.05, 0.1) is 13.7 Å². The molecule has 5 nitrogen and oxygen atoms in total. The molecule has 0 saturated carbocycles. The predicted molar refractivity (Wildman–Crippen MR) is 106 cm³/mol. The molecule has 1 heterocycles. The van der Waals surface area contributed by atoms with Crippen LogP contribution in [0.2, 0.25) is 0 Å². The molecule has 0 N–H and O–H groups in total. The standard InChI is InChI=1S/C22H28N2O3/c1-3-15-27-21-6-4-5-19(16-21)22(25)24-13-11-23(12-14-24)17-18-7-9-20(26-2)10-8-18/h4-10,16H,3,11-15,17H2,1-2H3. The minimum Gasteiger partial charge on any atom is -0.497 e. The first-order valence-corrected chi connectivity index (χ1v) is 9.57. The normalized spacial score (nSPS) is 14.8. The fourth-order valence-electron chi connectivity index (χ4n) is 3.22. The first kappa shape index (κ1) is 19.2. The molecule has 1 aliphatic heterocycles. The summed E-state index contributed by atoms with van der Waals surface area (Å²) in [4.78, 5) is 17.1. The fourth-order valence-corrected chi connectivity index (χ4v) is 3.22. The van der Waals surface area contributed by atoms with E-state index >= 15 is 0 Å². The van der Waals surface area contributed by atoms with Gasteiger partial charge in [-0.2, -0.15) is 0 Å². The third kappa shape index (κ3) is 5.23. The zero-order valence-corrected chi connectivity index (χ0v) is 16.2. The smallest absolute Gasteiger partial charge is 0.254 e. The zero-order chi connectivity index (χ0) is 19.1. The summed E-state index contributed by atoms with van der Waals surface area (Å²) in [6.07, 6.45) is 0.953. The second-order valence-electron chi connectivity index (χ2n) is 6.79. The highest BCUT2D eigenvalue weighted by molar-refractivity contribution is 5.94. The Hall–Kier alpha value is -2.53. The van der Waals surface area contributed by atoms with E-state index in [9.17, 15) is 4.79 Å². The molecule has 27 heavy (non-hydrogen) atoms. The van der Waals surface area contributed by atoms with Gasteiger partial charge in [0.25, 0.3) is 5.91 Å². The van der Waals surface area contributed by atoms with Crippen LogP contribution in [-0.4, -0.2) is 55.6 Å². The van der Waals surface area contributed by atoms with Gasteiger partial charge in [-0.05, 0) is 42.3 Å². The van der Waals surface area contributed by atoms with E-state index in [1.165, 1.54) is 5.56 Å². The monoisotopic (exact) mass is 368 g/mol. The Morgan fingerprint density at radius 3 is 2.41 bits per heavy atom. The van der Waals surface area contributed by atoms with Crippen LogP contribution in [-0.2, 0) is 6.54 Å². The number of nitrogens with zero attached hydrogens (tertiary/aromatic N) is 2. The number of hydrogen-bond donors (Lipinski definition) is 0. The first-order chi connectivity index (χ1) is 13.2. The number of benzene rings is 2. The Kier molecular flexibility index (Phi) is 6.71. The van der Waals surface area contributed by atoms with Crippen LogP contribution in [0.4, 0.5) is 0 Å². The number of carbonyl (C=O) groups is 1. The molecule has 0 radical (unpaired) electrons. The lowest BCUT2D eigenvalue weighted by Crippen LogP contribution is -2.48. The van der Waals surface area contributed by atoms with Gasteiger partial charge in [-0.3, -0.25) is 9.69 Å². The van der Waals surface area contributed by atoms with Crippen molar-refractivity contribution in [2.75, 3.05) is 39.9 Å². The van der Waals surface area contributed by atoms with Gasteiger partial charge >= 0.3 is 0 Å². The summed E-state index contributed by atoms with van der Waals surface area (Å²) in [6.45, 7) is 6.88. The lowest BCUT2D eigenvalue weighted by molar-refractivity contribution is 0.0628. The van der Waals surface area contributed by atoms with Crippen LogP contribution < -0.4 is 9.47 Å². The minimum atomic E-state index is 0.0843. The predicted octanol–water partition coefficient (Wildman–Crippen LogP) is 3.44. The molecule has 0 aromatic heterocycles. The highest BCUT2D eigenvalue weighted by Crippen LogP contribution is 2.18. The molecule has 0 unspecified atom stereocenters. The van der Waals surface area contributed by atoms with E-state index in [1.54, 1.807) is 7.11 Å².